The fourth-order valence-electron chi connectivity index (χ4n) is 3.80. The first kappa shape index (κ1) is 19.6. The number of anilines is 1. The van der Waals surface area contributed by atoms with E-state index in [-0.39, 0.29) is 11.5 Å². The van der Waals surface area contributed by atoms with Crippen LogP contribution < -0.4 is 15.8 Å². The van der Waals surface area contributed by atoms with Crippen LogP contribution in [-0.2, 0) is 19.5 Å². The van der Waals surface area contributed by atoms with E-state index in [9.17, 15) is 9.59 Å². The molecule has 3 heterocycles. The van der Waals surface area contributed by atoms with E-state index in [2.05, 4.69) is 5.32 Å². The maximum absolute atomic E-state index is 13.0. The summed E-state index contributed by atoms with van der Waals surface area (Å²) in [5.74, 6) is 0.705. The van der Waals surface area contributed by atoms with Crippen molar-refractivity contribution in [1.82, 2.24) is 14.9 Å². The highest BCUT2D eigenvalue weighted by Gasteiger charge is 2.22. The molecule has 0 saturated heterocycles. The van der Waals surface area contributed by atoms with Gasteiger partial charge < -0.3 is 10.2 Å². The third-order valence-electron chi connectivity index (χ3n) is 5.52. The number of carbonyl (C=O) groups excluding carboxylic acids is 1. The van der Waals surface area contributed by atoms with Crippen LogP contribution in [-0.4, -0.2) is 29.6 Å². The normalized spacial score (nSPS) is 13.8. The topological polar surface area (TPSA) is 67.2 Å². The van der Waals surface area contributed by atoms with E-state index in [1.807, 2.05) is 54.8 Å². The maximum Gasteiger partial charge on any atom is 0.262 e. The highest BCUT2D eigenvalue weighted by molar-refractivity contribution is 7.20. The van der Waals surface area contributed by atoms with Crippen molar-refractivity contribution in [2.45, 2.75) is 45.7 Å². The van der Waals surface area contributed by atoms with Crippen molar-refractivity contribution in [3.63, 3.8) is 0 Å². The van der Waals surface area contributed by atoms with E-state index in [1.54, 1.807) is 0 Å². The predicted octanol–water partition coefficient (Wildman–Crippen LogP) is 3.49. The van der Waals surface area contributed by atoms with Crippen LogP contribution in [0.1, 0.15) is 45.9 Å². The molecule has 1 N–H and O–H groups in total. The number of aromatic nitrogens is 2. The number of nitrogens with zero attached hydrogens (tertiary/aromatic N) is 3. The fourth-order valence-corrected chi connectivity index (χ4v) is 4.91. The molecule has 0 unspecified atom stereocenters. The second kappa shape index (κ2) is 7.99. The summed E-state index contributed by atoms with van der Waals surface area (Å²) in [4.78, 5) is 33.9. The quantitative estimate of drug-likeness (QED) is 0.715. The van der Waals surface area contributed by atoms with Crippen molar-refractivity contribution in [3.8, 4) is 0 Å². The first-order valence-corrected chi connectivity index (χ1v) is 10.8. The molecule has 1 aliphatic rings. The number of carbonyl (C=O) groups is 1. The number of fused-ring (bicyclic) bond motifs is 2. The Kier molecular flexibility index (Phi) is 5.41. The van der Waals surface area contributed by atoms with Crippen molar-refractivity contribution in [3.05, 3.63) is 56.4 Å². The Morgan fingerprint density at radius 2 is 1.97 bits per heavy atom. The minimum atomic E-state index is -0.151. The number of amides is 1. The Balaban J connectivity index is 1.58. The summed E-state index contributed by atoms with van der Waals surface area (Å²) in [5.41, 5.74) is 2.89. The van der Waals surface area contributed by atoms with Crippen LogP contribution in [0.25, 0.3) is 10.2 Å². The molecular formula is C22H26N4O2S. The summed E-state index contributed by atoms with van der Waals surface area (Å²) in [7, 11) is 3.99. The van der Waals surface area contributed by atoms with Gasteiger partial charge in [0.15, 0.2) is 0 Å². The zero-order valence-corrected chi connectivity index (χ0v) is 17.9. The van der Waals surface area contributed by atoms with Gasteiger partial charge in [-0.05, 0) is 43.0 Å². The zero-order chi connectivity index (χ0) is 20.5. The first-order chi connectivity index (χ1) is 14.0. The molecule has 2 aromatic heterocycles. The summed E-state index contributed by atoms with van der Waals surface area (Å²) in [6.07, 6.45) is 4.01. The number of hydrogen-bond donors (Lipinski definition) is 1. The van der Waals surface area contributed by atoms with Crippen molar-refractivity contribution < 1.29 is 4.79 Å². The minimum absolute atomic E-state index is 0.000950. The average molecular weight is 411 g/mol. The Hall–Kier alpha value is -2.67. The third-order valence-corrected chi connectivity index (χ3v) is 6.71. The van der Waals surface area contributed by atoms with Crippen LogP contribution in [0.4, 0.5) is 5.69 Å². The van der Waals surface area contributed by atoms with Gasteiger partial charge in [0.2, 0.25) is 0 Å². The van der Waals surface area contributed by atoms with Crippen molar-refractivity contribution >= 4 is 33.1 Å². The zero-order valence-electron chi connectivity index (χ0n) is 17.1. The van der Waals surface area contributed by atoms with Crippen LogP contribution in [0.2, 0.25) is 0 Å². The largest absolute Gasteiger partial charge is 0.378 e. The van der Waals surface area contributed by atoms with E-state index in [0.717, 1.165) is 54.9 Å². The highest BCUT2D eigenvalue weighted by Crippen LogP contribution is 2.28. The molecule has 0 radical (unpaired) electrons. The van der Waals surface area contributed by atoms with Crippen LogP contribution in [0.15, 0.2) is 29.1 Å². The predicted molar refractivity (Wildman–Crippen MR) is 118 cm³/mol. The van der Waals surface area contributed by atoms with Crippen LogP contribution >= 0.6 is 11.3 Å². The molecule has 0 saturated carbocycles. The van der Waals surface area contributed by atoms with Crippen LogP contribution in [0.5, 0.6) is 0 Å². The van der Waals surface area contributed by atoms with Gasteiger partial charge in [0.05, 0.1) is 10.3 Å². The SMILES string of the molecule is Cc1c(C(=O)NCc2ccc(N(C)C)cc2)sc2nc3n(c(=O)c12)CCCCC3. The summed E-state index contributed by atoms with van der Waals surface area (Å²) in [6, 6.07) is 8.09. The maximum atomic E-state index is 13.0. The molecule has 3 aromatic rings. The lowest BCUT2D eigenvalue weighted by Crippen LogP contribution is -2.25. The molecule has 1 amide bonds. The molecule has 7 heteroatoms. The molecule has 152 valence electrons. The molecule has 0 bridgehead atoms. The molecule has 0 atom stereocenters. The fraction of sp³-hybridized carbons (Fsp3) is 0.409. The van der Waals surface area contributed by atoms with E-state index >= 15 is 0 Å². The Morgan fingerprint density at radius 1 is 1.21 bits per heavy atom. The molecule has 0 fully saturated rings. The Labute approximate surface area is 174 Å². The van der Waals surface area contributed by atoms with Crippen molar-refractivity contribution in [2.24, 2.45) is 0 Å². The number of thiophene rings is 1. The van der Waals surface area contributed by atoms with E-state index < -0.39 is 0 Å². The molecule has 0 spiro atoms. The first-order valence-electron chi connectivity index (χ1n) is 10.0. The molecular weight excluding hydrogens is 384 g/mol. The second-order valence-corrected chi connectivity index (χ2v) is 8.77. The lowest BCUT2D eigenvalue weighted by atomic mass is 10.2. The number of rotatable bonds is 4. The van der Waals surface area contributed by atoms with E-state index in [1.165, 1.54) is 11.3 Å². The number of nitrogens with one attached hydrogen (secondary N) is 1. The molecule has 6 nitrogen and oxygen atoms in total. The lowest BCUT2D eigenvalue weighted by Gasteiger charge is -2.12. The standard InChI is InChI=1S/C22H26N4O2S/c1-14-18-21(24-17-7-5-4-6-12-26(17)22(18)28)29-19(14)20(27)23-13-15-8-10-16(11-9-15)25(2)3/h8-11H,4-7,12-13H2,1-3H3,(H,23,27). The molecule has 29 heavy (non-hydrogen) atoms. The molecule has 1 aromatic carbocycles. The van der Waals surface area contributed by atoms with Gasteiger partial charge in [-0.3, -0.25) is 14.2 Å². The minimum Gasteiger partial charge on any atom is -0.378 e. The smallest absolute Gasteiger partial charge is 0.262 e. The second-order valence-electron chi connectivity index (χ2n) is 7.78. The van der Waals surface area contributed by atoms with Crippen molar-refractivity contribution in [1.29, 1.82) is 0 Å². The van der Waals surface area contributed by atoms with Gasteiger partial charge in [0.25, 0.3) is 11.5 Å². The van der Waals surface area contributed by atoms with E-state index in [4.69, 9.17) is 4.98 Å². The van der Waals surface area contributed by atoms with Crippen molar-refractivity contribution in [2.75, 3.05) is 19.0 Å². The van der Waals surface area contributed by atoms with Gasteiger partial charge >= 0.3 is 0 Å². The number of hydrogen-bond acceptors (Lipinski definition) is 5. The summed E-state index contributed by atoms with van der Waals surface area (Å²) in [5, 5.41) is 3.58. The summed E-state index contributed by atoms with van der Waals surface area (Å²) >= 11 is 1.32. The monoisotopic (exact) mass is 410 g/mol. The molecule has 1 aliphatic heterocycles. The average Bonchev–Trinajstić information content (AvgIpc) is 2.88. The lowest BCUT2D eigenvalue weighted by molar-refractivity contribution is 0.0954. The van der Waals surface area contributed by atoms with Gasteiger partial charge in [0.1, 0.15) is 10.7 Å². The summed E-state index contributed by atoms with van der Waals surface area (Å²) < 4.78 is 1.81. The number of aryl methyl sites for hydroxylation is 2. The summed E-state index contributed by atoms with van der Waals surface area (Å²) in [6.45, 7) is 3.02. The Bertz CT molecular complexity index is 1110. The van der Waals surface area contributed by atoms with Gasteiger partial charge in [-0.25, -0.2) is 4.98 Å². The van der Waals surface area contributed by atoms with Crippen LogP contribution in [0.3, 0.4) is 0 Å². The third kappa shape index (κ3) is 3.79. The molecule has 4 rings (SSSR count). The van der Waals surface area contributed by atoms with Gasteiger partial charge in [-0.1, -0.05) is 18.6 Å². The van der Waals surface area contributed by atoms with Crippen LogP contribution in [0, 0.1) is 6.92 Å². The van der Waals surface area contributed by atoms with Gasteiger partial charge in [-0.15, -0.1) is 11.3 Å². The number of benzene rings is 1. The van der Waals surface area contributed by atoms with Gasteiger partial charge in [-0.2, -0.15) is 0 Å². The Morgan fingerprint density at radius 3 is 2.69 bits per heavy atom. The molecule has 0 aliphatic carbocycles. The van der Waals surface area contributed by atoms with Gasteiger partial charge in [0, 0.05) is 39.3 Å². The highest BCUT2D eigenvalue weighted by atomic mass is 32.1. The van der Waals surface area contributed by atoms with E-state index in [0.29, 0.717) is 21.6 Å².